The maximum atomic E-state index is 8.94. The van der Waals surface area contributed by atoms with Crippen molar-refractivity contribution in [2.24, 2.45) is 5.11 Å². The Bertz CT molecular complexity index is 349. The Morgan fingerprint density at radius 3 is 3.07 bits per heavy atom. The van der Waals surface area contributed by atoms with E-state index < -0.39 is 6.04 Å². The van der Waals surface area contributed by atoms with Crippen molar-refractivity contribution in [3.63, 3.8) is 0 Å². The molecule has 0 aliphatic heterocycles. The van der Waals surface area contributed by atoms with Crippen LogP contribution >= 0.6 is 0 Å². The van der Waals surface area contributed by atoms with Crippen molar-refractivity contribution in [3.05, 3.63) is 34.5 Å². The third-order valence-electron chi connectivity index (χ3n) is 1.72. The number of aliphatic hydroxyl groups is 1. The van der Waals surface area contributed by atoms with Gasteiger partial charge < -0.3 is 9.84 Å². The van der Waals surface area contributed by atoms with Gasteiger partial charge in [-0.1, -0.05) is 5.11 Å². The van der Waals surface area contributed by atoms with E-state index in [1.807, 2.05) is 0 Å². The van der Waals surface area contributed by atoms with Crippen molar-refractivity contribution in [2.75, 3.05) is 13.7 Å². The lowest BCUT2D eigenvalue weighted by atomic mass is 10.1. The molecule has 0 saturated heterocycles. The molecule has 0 aliphatic carbocycles. The van der Waals surface area contributed by atoms with Gasteiger partial charge in [-0.15, -0.1) is 0 Å². The zero-order chi connectivity index (χ0) is 10.4. The molecule has 1 aromatic rings. The van der Waals surface area contributed by atoms with Crippen LogP contribution in [0, 0.1) is 0 Å². The first kappa shape index (κ1) is 10.3. The highest BCUT2D eigenvalue weighted by Gasteiger charge is 2.08. The minimum absolute atomic E-state index is 0.251. The van der Waals surface area contributed by atoms with Crippen LogP contribution in [0.1, 0.15) is 11.6 Å². The van der Waals surface area contributed by atoms with Gasteiger partial charge in [-0.2, -0.15) is 0 Å². The monoisotopic (exact) mass is 194 g/mol. The topological polar surface area (TPSA) is 91.1 Å². The standard InChI is InChI=1S/C8H10N4O2/c1-14-7-2-6(3-10-4-7)8(5-13)11-12-9/h2-4,8,13H,5H2,1H3. The lowest BCUT2D eigenvalue weighted by molar-refractivity contribution is 0.267. The van der Waals surface area contributed by atoms with Crippen molar-refractivity contribution in [1.29, 1.82) is 0 Å². The second-order valence-electron chi connectivity index (χ2n) is 2.56. The Balaban J connectivity index is 2.97. The van der Waals surface area contributed by atoms with Crippen molar-refractivity contribution in [3.8, 4) is 5.75 Å². The van der Waals surface area contributed by atoms with Gasteiger partial charge in [-0.3, -0.25) is 4.98 Å². The first-order valence-corrected chi connectivity index (χ1v) is 3.95. The summed E-state index contributed by atoms with van der Waals surface area (Å²) in [5, 5.41) is 12.4. The van der Waals surface area contributed by atoms with Crippen LogP contribution in [0.5, 0.6) is 5.75 Å². The van der Waals surface area contributed by atoms with Gasteiger partial charge in [0.25, 0.3) is 0 Å². The average Bonchev–Trinajstić information content (AvgIpc) is 2.26. The molecule has 0 spiro atoms. The summed E-state index contributed by atoms with van der Waals surface area (Å²) in [6, 6.07) is 1.06. The molecule has 6 heteroatoms. The first-order chi connectivity index (χ1) is 6.81. The van der Waals surface area contributed by atoms with Gasteiger partial charge in [0.05, 0.1) is 26.0 Å². The van der Waals surface area contributed by atoms with Crippen LogP contribution in [-0.2, 0) is 0 Å². The quantitative estimate of drug-likeness (QED) is 0.446. The predicted octanol–water partition coefficient (Wildman–Crippen LogP) is 1.43. The smallest absolute Gasteiger partial charge is 0.137 e. The molecular weight excluding hydrogens is 184 g/mol. The first-order valence-electron chi connectivity index (χ1n) is 3.95. The molecule has 0 bridgehead atoms. The zero-order valence-electron chi connectivity index (χ0n) is 7.66. The Labute approximate surface area is 80.8 Å². The summed E-state index contributed by atoms with van der Waals surface area (Å²) >= 11 is 0. The van der Waals surface area contributed by atoms with Gasteiger partial charge in [0.2, 0.25) is 0 Å². The molecule has 1 N–H and O–H groups in total. The molecule has 1 rings (SSSR count). The van der Waals surface area contributed by atoms with E-state index in [2.05, 4.69) is 15.0 Å². The van der Waals surface area contributed by atoms with Gasteiger partial charge >= 0.3 is 0 Å². The predicted molar refractivity (Wildman–Crippen MR) is 49.8 cm³/mol. The lowest BCUT2D eigenvalue weighted by Gasteiger charge is -2.08. The second kappa shape index (κ2) is 5.06. The van der Waals surface area contributed by atoms with E-state index in [1.54, 1.807) is 6.07 Å². The molecule has 1 unspecified atom stereocenters. The number of aromatic nitrogens is 1. The normalized spacial score (nSPS) is 11.6. The van der Waals surface area contributed by atoms with E-state index in [-0.39, 0.29) is 6.61 Å². The molecule has 74 valence electrons. The molecule has 0 aromatic carbocycles. The highest BCUT2D eigenvalue weighted by atomic mass is 16.5. The number of hydrogen-bond donors (Lipinski definition) is 1. The van der Waals surface area contributed by atoms with Crippen LogP contribution in [0.3, 0.4) is 0 Å². The third-order valence-corrected chi connectivity index (χ3v) is 1.72. The minimum Gasteiger partial charge on any atom is -0.495 e. The SMILES string of the molecule is COc1cncc(C(CO)N=[N+]=[N-])c1. The molecular formula is C8H10N4O2. The van der Waals surface area contributed by atoms with Crippen molar-refractivity contribution >= 4 is 0 Å². The fourth-order valence-electron chi connectivity index (χ4n) is 1.00. The second-order valence-corrected chi connectivity index (χ2v) is 2.56. The van der Waals surface area contributed by atoms with Crippen LogP contribution in [0.2, 0.25) is 0 Å². The molecule has 1 aromatic heterocycles. The van der Waals surface area contributed by atoms with Crippen molar-refractivity contribution < 1.29 is 9.84 Å². The number of nitrogens with zero attached hydrogens (tertiary/aromatic N) is 4. The Morgan fingerprint density at radius 2 is 2.50 bits per heavy atom. The fourth-order valence-corrected chi connectivity index (χ4v) is 1.00. The average molecular weight is 194 g/mol. The maximum Gasteiger partial charge on any atom is 0.137 e. The molecule has 6 nitrogen and oxygen atoms in total. The van der Waals surface area contributed by atoms with Gasteiger partial charge in [-0.25, -0.2) is 0 Å². The van der Waals surface area contributed by atoms with E-state index in [0.717, 1.165) is 0 Å². The summed E-state index contributed by atoms with van der Waals surface area (Å²) < 4.78 is 4.95. The summed E-state index contributed by atoms with van der Waals surface area (Å²) in [5.41, 5.74) is 8.88. The molecule has 1 heterocycles. The number of ether oxygens (including phenoxy) is 1. The minimum atomic E-state index is -0.609. The summed E-state index contributed by atoms with van der Waals surface area (Å²) in [7, 11) is 1.52. The summed E-state index contributed by atoms with van der Waals surface area (Å²) in [4.78, 5) is 6.52. The number of rotatable bonds is 4. The fraction of sp³-hybridized carbons (Fsp3) is 0.375. The van der Waals surface area contributed by atoms with E-state index >= 15 is 0 Å². The number of pyridine rings is 1. The van der Waals surface area contributed by atoms with Gasteiger partial charge in [-0.05, 0) is 17.2 Å². The molecule has 0 saturated carbocycles. The van der Waals surface area contributed by atoms with Gasteiger partial charge in [0, 0.05) is 11.1 Å². The molecule has 0 amide bonds. The number of hydrogen-bond acceptors (Lipinski definition) is 4. The summed E-state index contributed by atoms with van der Waals surface area (Å²) in [6.07, 6.45) is 3.06. The molecule has 1 atom stereocenters. The molecule has 0 aliphatic rings. The van der Waals surface area contributed by atoms with E-state index in [4.69, 9.17) is 15.4 Å². The van der Waals surface area contributed by atoms with E-state index in [0.29, 0.717) is 11.3 Å². The van der Waals surface area contributed by atoms with Crippen molar-refractivity contribution in [2.45, 2.75) is 6.04 Å². The number of azide groups is 1. The third kappa shape index (κ3) is 2.35. The Kier molecular flexibility index (Phi) is 3.72. The van der Waals surface area contributed by atoms with E-state index in [1.165, 1.54) is 19.5 Å². The molecule has 0 radical (unpaired) electrons. The van der Waals surface area contributed by atoms with Gasteiger partial charge in [0.15, 0.2) is 0 Å². The van der Waals surface area contributed by atoms with Crippen LogP contribution in [0.4, 0.5) is 0 Å². The van der Waals surface area contributed by atoms with Gasteiger partial charge in [0.1, 0.15) is 5.75 Å². The highest BCUT2D eigenvalue weighted by molar-refractivity contribution is 5.26. The zero-order valence-corrected chi connectivity index (χ0v) is 7.66. The Hall–Kier alpha value is -1.78. The lowest BCUT2D eigenvalue weighted by Crippen LogP contribution is -2.01. The number of aliphatic hydroxyl groups excluding tert-OH is 1. The molecule has 0 fully saturated rings. The van der Waals surface area contributed by atoms with Crippen LogP contribution in [-0.4, -0.2) is 23.8 Å². The number of methoxy groups -OCH3 is 1. The maximum absolute atomic E-state index is 8.94. The summed E-state index contributed by atoms with van der Waals surface area (Å²) in [6.45, 7) is -0.251. The van der Waals surface area contributed by atoms with Crippen molar-refractivity contribution in [1.82, 2.24) is 4.98 Å². The van der Waals surface area contributed by atoms with Crippen LogP contribution < -0.4 is 4.74 Å². The van der Waals surface area contributed by atoms with Crippen LogP contribution in [0.25, 0.3) is 10.4 Å². The Morgan fingerprint density at radius 1 is 1.71 bits per heavy atom. The van der Waals surface area contributed by atoms with E-state index in [9.17, 15) is 0 Å². The van der Waals surface area contributed by atoms with Crippen LogP contribution in [0.15, 0.2) is 23.6 Å². The highest BCUT2D eigenvalue weighted by Crippen LogP contribution is 2.20. The largest absolute Gasteiger partial charge is 0.495 e. The summed E-state index contributed by atoms with van der Waals surface area (Å²) in [5.74, 6) is 0.564. The molecule has 14 heavy (non-hydrogen) atoms.